The Kier molecular flexibility index (Phi) is 2.67. The Hall–Kier alpha value is -1.84. The maximum atomic E-state index is 13.0. The molecule has 3 nitrogen and oxygen atoms in total. The summed E-state index contributed by atoms with van der Waals surface area (Å²) in [5.41, 5.74) is 0.801. The third-order valence-corrected chi connectivity index (χ3v) is 2.15. The van der Waals surface area contributed by atoms with Crippen LogP contribution in [0.4, 0.5) is 4.39 Å². The minimum absolute atomic E-state index is 0.258. The molecule has 0 saturated heterocycles. The minimum atomic E-state index is -0.258. The maximum absolute atomic E-state index is 13.0. The highest BCUT2D eigenvalue weighted by Gasteiger charge is 2.04. The summed E-state index contributed by atoms with van der Waals surface area (Å²) < 4.78 is 20.0. The Morgan fingerprint density at radius 3 is 3.00 bits per heavy atom. The first-order chi connectivity index (χ1) is 7.29. The van der Waals surface area contributed by atoms with Gasteiger partial charge in [0.05, 0.1) is 20.0 Å². The van der Waals surface area contributed by atoms with Gasteiger partial charge in [-0.2, -0.15) is 0 Å². The molecule has 1 aromatic heterocycles. The molecule has 1 aromatic carbocycles. The number of hydrogen-bond acceptors (Lipinski definition) is 2. The lowest BCUT2D eigenvalue weighted by atomic mass is 10.2. The monoisotopic (exact) mass is 206 g/mol. The molecule has 0 aliphatic rings. The third kappa shape index (κ3) is 2.15. The first-order valence-electron chi connectivity index (χ1n) is 4.58. The van der Waals surface area contributed by atoms with Gasteiger partial charge in [0.25, 0.3) is 0 Å². The standard InChI is InChI=1S/C11H11FN2O/c1-15-11-3-2-10(12)6-9(11)7-14-5-4-13-8-14/h2-6,8H,7H2,1H3. The van der Waals surface area contributed by atoms with Gasteiger partial charge in [0, 0.05) is 18.0 Å². The second kappa shape index (κ2) is 4.13. The van der Waals surface area contributed by atoms with Gasteiger partial charge in [-0.1, -0.05) is 0 Å². The van der Waals surface area contributed by atoms with Gasteiger partial charge >= 0.3 is 0 Å². The van der Waals surface area contributed by atoms with E-state index in [9.17, 15) is 4.39 Å². The van der Waals surface area contributed by atoms with E-state index in [1.54, 1.807) is 25.7 Å². The summed E-state index contributed by atoms with van der Waals surface area (Å²) in [4.78, 5) is 3.92. The lowest BCUT2D eigenvalue weighted by Crippen LogP contribution is -2.00. The number of aromatic nitrogens is 2. The van der Waals surface area contributed by atoms with Crippen LogP contribution in [-0.4, -0.2) is 16.7 Å². The fourth-order valence-corrected chi connectivity index (χ4v) is 1.45. The fourth-order valence-electron chi connectivity index (χ4n) is 1.45. The molecule has 0 fully saturated rings. The summed E-state index contributed by atoms with van der Waals surface area (Å²) in [6.07, 6.45) is 5.19. The number of methoxy groups -OCH3 is 1. The van der Waals surface area contributed by atoms with Gasteiger partial charge < -0.3 is 9.30 Å². The van der Waals surface area contributed by atoms with E-state index in [4.69, 9.17) is 4.74 Å². The van der Waals surface area contributed by atoms with E-state index < -0.39 is 0 Å². The molecule has 0 aliphatic heterocycles. The van der Waals surface area contributed by atoms with Gasteiger partial charge in [0.15, 0.2) is 0 Å². The highest BCUT2D eigenvalue weighted by Crippen LogP contribution is 2.20. The zero-order valence-electron chi connectivity index (χ0n) is 8.35. The summed E-state index contributed by atoms with van der Waals surface area (Å²) in [6, 6.07) is 4.48. The topological polar surface area (TPSA) is 27.1 Å². The number of hydrogen-bond donors (Lipinski definition) is 0. The van der Waals surface area contributed by atoms with Crippen molar-refractivity contribution < 1.29 is 9.13 Å². The molecule has 0 radical (unpaired) electrons. The summed E-state index contributed by atoms with van der Waals surface area (Å²) in [7, 11) is 1.57. The molecule has 15 heavy (non-hydrogen) atoms. The quantitative estimate of drug-likeness (QED) is 0.768. The maximum Gasteiger partial charge on any atom is 0.124 e. The molecule has 0 amide bonds. The number of benzene rings is 1. The average molecular weight is 206 g/mol. The van der Waals surface area contributed by atoms with Crippen LogP contribution < -0.4 is 4.74 Å². The third-order valence-electron chi connectivity index (χ3n) is 2.15. The second-order valence-electron chi connectivity index (χ2n) is 3.19. The van der Waals surface area contributed by atoms with Crippen molar-refractivity contribution in [2.75, 3.05) is 7.11 Å². The molecule has 0 atom stereocenters. The van der Waals surface area contributed by atoms with Gasteiger partial charge in [-0.15, -0.1) is 0 Å². The normalized spacial score (nSPS) is 10.3. The first-order valence-corrected chi connectivity index (χ1v) is 4.58. The van der Waals surface area contributed by atoms with E-state index in [-0.39, 0.29) is 5.82 Å². The Balaban J connectivity index is 2.30. The zero-order chi connectivity index (χ0) is 10.7. The molecule has 1 heterocycles. The number of ether oxygens (including phenoxy) is 1. The SMILES string of the molecule is COc1ccc(F)cc1Cn1ccnc1. The van der Waals surface area contributed by atoms with Crippen molar-refractivity contribution in [1.82, 2.24) is 9.55 Å². The highest BCUT2D eigenvalue weighted by atomic mass is 19.1. The largest absolute Gasteiger partial charge is 0.496 e. The highest BCUT2D eigenvalue weighted by molar-refractivity contribution is 5.34. The molecule has 0 saturated carbocycles. The molecule has 78 valence electrons. The van der Waals surface area contributed by atoms with E-state index in [2.05, 4.69) is 4.98 Å². The van der Waals surface area contributed by atoms with Crippen LogP contribution in [0.2, 0.25) is 0 Å². The van der Waals surface area contributed by atoms with Gasteiger partial charge in [-0.3, -0.25) is 0 Å². The van der Waals surface area contributed by atoms with Crippen molar-refractivity contribution in [1.29, 1.82) is 0 Å². The number of imidazole rings is 1. The molecule has 2 rings (SSSR count). The Morgan fingerprint density at radius 2 is 2.33 bits per heavy atom. The molecule has 0 spiro atoms. The molecular formula is C11H11FN2O. The van der Waals surface area contributed by atoms with Crippen LogP contribution >= 0.6 is 0 Å². The van der Waals surface area contributed by atoms with Crippen molar-refractivity contribution in [3.05, 3.63) is 48.3 Å². The van der Waals surface area contributed by atoms with Crippen molar-refractivity contribution >= 4 is 0 Å². The van der Waals surface area contributed by atoms with Crippen molar-refractivity contribution in [3.63, 3.8) is 0 Å². The van der Waals surface area contributed by atoms with E-state index in [0.717, 1.165) is 5.56 Å². The smallest absolute Gasteiger partial charge is 0.124 e. The predicted molar refractivity (Wildman–Crippen MR) is 54.3 cm³/mol. The van der Waals surface area contributed by atoms with Gasteiger partial charge in [0.2, 0.25) is 0 Å². The Bertz CT molecular complexity index is 440. The summed E-state index contributed by atoms with van der Waals surface area (Å²) in [5, 5.41) is 0. The van der Waals surface area contributed by atoms with Crippen molar-refractivity contribution in [2.24, 2.45) is 0 Å². The lowest BCUT2D eigenvalue weighted by molar-refractivity contribution is 0.407. The fraction of sp³-hybridized carbons (Fsp3) is 0.182. The van der Waals surface area contributed by atoms with Crippen LogP contribution in [0.1, 0.15) is 5.56 Å². The van der Waals surface area contributed by atoms with Crippen LogP contribution in [0, 0.1) is 5.82 Å². The number of nitrogens with zero attached hydrogens (tertiary/aromatic N) is 2. The van der Waals surface area contributed by atoms with Crippen molar-refractivity contribution in [2.45, 2.75) is 6.54 Å². The second-order valence-corrected chi connectivity index (χ2v) is 3.19. The summed E-state index contributed by atoms with van der Waals surface area (Å²) in [5.74, 6) is 0.427. The summed E-state index contributed by atoms with van der Waals surface area (Å²) in [6.45, 7) is 0.556. The molecule has 0 N–H and O–H groups in total. The van der Waals surface area contributed by atoms with E-state index in [0.29, 0.717) is 12.3 Å². The van der Waals surface area contributed by atoms with E-state index >= 15 is 0 Å². The van der Waals surface area contributed by atoms with Gasteiger partial charge in [-0.25, -0.2) is 9.37 Å². The van der Waals surface area contributed by atoms with Crippen LogP contribution in [-0.2, 0) is 6.54 Å². The van der Waals surface area contributed by atoms with Gasteiger partial charge in [0.1, 0.15) is 11.6 Å². The lowest BCUT2D eigenvalue weighted by Gasteiger charge is -2.08. The predicted octanol–water partition coefficient (Wildman–Crippen LogP) is 2.08. The van der Waals surface area contributed by atoms with Crippen LogP contribution in [0.15, 0.2) is 36.9 Å². The zero-order valence-corrected chi connectivity index (χ0v) is 8.35. The first kappa shape index (κ1) is 9.71. The molecule has 4 heteroatoms. The average Bonchev–Trinajstić information content (AvgIpc) is 2.71. The van der Waals surface area contributed by atoms with Gasteiger partial charge in [-0.05, 0) is 18.2 Å². The minimum Gasteiger partial charge on any atom is -0.496 e. The van der Waals surface area contributed by atoms with Crippen LogP contribution in [0.3, 0.4) is 0 Å². The van der Waals surface area contributed by atoms with E-state index in [1.807, 2.05) is 10.8 Å². The Morgan fingerprint density at radius 1 is 1.47 bits per heavy atom. The number of rotatable bonds is 3. The molecule has 0 bridgehead atoms. The summed E-state index contributed by atoms with van der Waals surface area (Å²) >= 11 is 0. The van der Waals surface area contributed by atoms with Crippen LogP contribution in [0.5, 0.6) is 5.75 Å². The molecule has 2 aromatic rings. The van der Waals surface area contributed by atoms with Crippen molar-refractivity contribution in [3.8, 4) is 5.75 Å². The molecule has 0 unspecified atom stereocenters. The van der Waals surface area contributed by atoms with E-state index in [1.165, 1.54) is 12.1 Å². The number of halogens is 1. The Labute approximate surface area is 87.1 Å². The molecule has 0 aliphatic carbocycles. The molecular weight excluding hydrogens is 195 g/mol. The van der Waals surface area contributed by atoms with Crippen LogP contribution in [0.25, 0.3) is 0 Å².